The summed E-state index contributed by atoms with van der Waals surface area (Å²) in [7, 11) is 0. The van der Waals surface area contributed by atoms with Crippen molar-refractivity contribution < 1.29 is 0 Å². The van der Waals surface area contributed by atoms with Crippen molar-refractivity contribution in [2.45, 2.75) is 32.9 Å². The first-order chi connectivity index (χ1) is 8.18. The lowest BCUT2D eigenvalue weighted by atomic mass is 10.0. The lowest BCUT2D eigenvalue weighted by Crippen LogP contribution is -2.20. The number of thiazole rings is 1. The van der Waals surface area contributed by atoms with Crippen molar-refractivity contribution in [1.29, 1.82) is 0 Å². The normalized spacial score (nSPS) is 13.2. The molecule has 2 aromatic heterocycles. The molecule has 0 spiro atoms. The van der Waals surface area contributed by atoms with Crippen LogP contribution < -0.4 is 5.73 Å². The maximum atomic E-state index is 6.16. The van der Waals surface area contributed by atoms with E-state index >= 15 is 0 Å². The molecule has 2 N–H and O–H groups in total. The zero-order valence-corrected chi connectivity index (χ0v) is 11.0. The molecule has 2 rings (SSSR count). The predicted molar refractivity (Wildman–Crippen MR) is 69.8 cm³/mol. The number of hydrogen-bond acceptors (Lipinski definition) is 4. The van der Waals surface area contributed by atoms with E-state index in [0.717, 1.165) is 24.4 Å². The van der Waals surface area contributed by atoms with Crippen LogP contribution in [0.4, 0.5) is 0 Å². The fraction of sp³-hybridized carbons (Fsp3) is 0.500. The number of aromatic nitrogens is 3. The molecule has 17 heavy (non-hydrogen) atoms. The van der Waals surface area contributed by atoms with E-state index in [1.54, 1.807) is 11.3 Å². The van der Waals surface area contributed by atoms with Crippen LogP contribution in [-0.2, 0) is 13.0 Å². The Bertz CT molecular complexity index is 447. The SMILES string of the molecule is CC(C)C(N)c1cncn1CCc1cscn1. The van der Waals surface area contributed by atoms with Crippen LogP contribution in [0.25, 0.3) is 0 Å². The number of nitrogens with zero attached hydrogens (tertiary/aromatic N) is 3. The van der Waals surface area contributed by atoms with Gasteiger partial charge in [-0.3, -0.25) is 0 Å². The fourth-order valence-electron chi connectivity index (χ4n) is 1.73. The third-order valence-electron chi connectivity index (χ3n) is 2.90. The van der Waals surface area contributed by atoms with Crippen molar-refractivity contribution in [3.63, 3.8) is 0 Å². The van der Waals surface area contributed by atoms with Gasteiger partial charge in [0.15, 0.2) is 0 Å². The molecule has 0 aliphatic carbocycles. The van der Waals surface area contributed by atoms with Crippen molar-refractivity contribution in [3.8, 4) is 0 Å². The lowest BCUT2D eigenvalue weighted by Gasteiger charge is -2.17. The van der Waals surface area contributed by atoms with Gasteiger partial charge < -0.3 is 10.3 Å². The minimum absolute atomic E-state index is 0.0490. The zero-order valence-electron chi connectivity index (χ0n) is 10.2. The van der Waals surface area contributed by atoms with Gasteiger partial charge in [0, 0.05) is 30.6 Å². The van der Waals surface area contributed by atoms with Gasteiger partial charge in [0.2, 0.25) is 0 Å². The second kappa shape index (κ2) is 5.42. The minimum Gasteiger partial charge on any atom is -0.333 e. The molecule has 1 unspecified atom stereocenters. The maximum Gasteiger partial charge on any atom is 0.0948 e. The second-order valence-corrected chi connectivity index (χ2v) is 5.23. The molecule has 92 valence electrons. The van der Waals surface area contributed by atoms with E-state index in [4.69, 9.17) is 5.73 Å². The number of hydrogen-bond donors (Lipinski definition) is 1. The number of nitrogens with two attached hydrogens (primary N) is 1. The van der Waals surface area contributed by atoms with Crippen molar-refractivity contribution in [1.82, 2.24) is 14.5 Å². The van der Waals surface area contributed by atoms with E-state index in [0.29, 0.717) is 5.92 Å². The largest absolute Gasteiger partial charge is 0.333 e. The minimum atomic E-state index is 0.0490. The number of aryl methyl sites for hydroxylation is 2. The third kappa shape index (κ3) is 2.92. The van der Waals surface area contributed by atoms with Gasteiger partial charge in [0.25, 0.3) is 0 Å². The summed E-state index contributed by atoms with van der Waals surface area (Å²) in [5.41, 5.74) is 10.3. The molecule has 0 radical (unpaired) electrons. The monoisotopic (exact) mass is 250 g/mol. The van der Waals surface area contributed by atoms with E-state index in [2.05, 4.69) is 33.8 Å². The summed E-state index contributed by atoms with van der Waals surface area (Å²) < 4.78 is 2.13. The average Bonchev–Trinajstić information content (AvgIpc) is 2.96. The molecule has 0 aromatic carbocycles. The first kappa shape index (κ1) is 12.3. The average molecular weight is 250 g/mol. The van der Waals surface area contributed by atoms with E-state index in [1.165, 1.54) is 0 Å². The van der Waals surface area contributed by atoms with Crippen LogP contribution in [-0.4, -0.2) is 14.5 Å². The molecular weight excluding hydrogens is 232 g/mol. The zero-order chi connectivity index (χ0) is 12.3. The predicted octanol–water partition coefficient (Wildman–Crippen LogP) is 2.24. The Morgan fingerprint density at radius 1 is 1.47 bits per heavy atom. The first-order valence-electron chi connectivity index (χ1n) is 5.81. The highest BCUT2D eigenvalue weighted by Gasteiger charge is 2.14. The van der Waals surface area contributed by atoms with Crippen molar-refractivity contribution >= 4 is 11.3 Å². The van der Waals surface area contributed by atoms with Crippen molar-refractivity contribution in [3.05, 3.63) is 34.8 Å². The van der Waals surface area contributed by atoms with Crippen LogP contribution in [0, 0.1) is 5.92 Å². The topological polar surface area (TPSA) is 56.7 Å². The van der Waals surface area contributed by atoms with E-state index < -0.39 is 0 Å². The second-order valence-electron chi connectivity index (χ2n) is 4.51. The summed E-state index contributed by atoms with van der Waals surface area (Å²) in [6.07, 6.45) is 4.65. The molecule has 2 heterocycles. The van der Waals surface area contributed by atoms with Crippen molar-refractivity contribution in [2.75, 3.05) is 0 Å². The Kier molecular flexibility index (Phi) is 3.91. The number of imidazole rings is 1. The molecule has 0 saturated heterocycles. The van der Waals surface area contributed by atoms with Gasteiger partial charge in [0.05, 0.1) is 23.2 Å². The standard InChI is InChI=1S/C12H18N4S/c1-9(2)12(13)11-5-14-7-16(11)4-3-10-6-17-8-15-10/h5-9,12H,3-4,13H2,1-2H3. The highest BCUT2D eigenvalue weighted by atomic mass is 32.1. The maximum absolute atomic E-state index is 6.16. The van der Waals surface area contributed by atoms with E-state index in [9.17, 15) is 0 Å². The molecule has 5 heteroatoms. The summed E-state index contributed by atoms with van der Waals surface area (Å²) in [4.78, 5) is 8.47. The van der Waals surface area contributed by atoms with Crippen LogP contribution in [0.5, 0.6) is 0 Å². The van der Waals surface area contributed by atoms with Crippen LogP contribution in [0.1, 0.15) is 31.3 Å². The molecule has 0 fully saturated rings. The molecule has 4 nitrogen and oxygen atoms in total. The van der Waals surface area contributed by atoms with Gasteiger partial charge in [-0.05, 0) is 5.92 Å². The first-order valence-corrected chi connectivity index (χ1v) is 6.75. The van der Waals surface area contributed by atoms with E-state index in [-0.39, 0.29) is 6.04 Å². The van der Waals surface area contributed by atoms with Crippen LogP contribution >= 0.6 is 11.3 Å². The Balaban J connectivity index is 2.04. The third-order valence-corrected chi connectivity index (χ3v) is 3.53. The van der Waals surface area contributed by atoms with Gasteiger partial charge in [-0.25, -0.2) is 9.97 Å². The molecule has 0 aliphatic rings. The quantitative estimate of drug-likeness (QED) is 0.885. The Labute approximate surface area is 106 Å². The summed E-state index contributed by atoms with van der Waals surface area (Å²) in [6, 6.07) is 0.0490. The molecule has 0 saturated carbocycles. The van der Waals surface area contributed by atoms with Gasteiger partial charge in [0.1, 0.15) is 0 Å². The van der Waals surface area contributed by atoms with Gasteiger partial charge >= 0.3 is 0 Å². The Hall–Kier alpha value is -1.20. The van der Waals surface area contributed by atoms with Crippen LogP contribution in [0.2, 0.25) is 0 Å². The summed E-state index contributed by atoms with van der Waals surface area (Å²) in [5.74, 6) is 0.421. The summed E-state index contributed by atoms with van der Waals surface area (Å²) in [6.45, 7) is 5.14. The highest BCUT2D eigenvalue weighted by molar-refractivity contribution is 7.07. The van der Waals surface area contributed by atoms with Crippen LogP contribution in [0.15, 0.2) is 23.4 Å². The van der Waals surface area contributed by atoms with Gasteiger partial charge in [-0.15, -0.1) is 11.3 Å². The summed E-state index contributed by atoms with van der Waals surface area (Å²) >= 11 is 1.63. The smallest absolute Gasteiger partial charge is 0.0948 e. The molecule has 0 amide bonds. The Morgan fingerprint density at radius 3 is 2.94 bits per heavy atom. The highest BCUT2D eigenvalue weighted by Crippen LogP contribution is 2.18. The number of rotatable bonds is 5. The Morgan fingerprint density at radius 2 is 2.29 bits per heavy atom. The molecule has 2 aromatic rings. The molecular formula is C12H18N4S. The lowest BCUT2D eigenvalue weighted by molar-refractivity contribution is 0.477. The molecule has 0 aliphatic heterocycles. The summed E-state index contributed by atoms with van der Waals surface area (Å²) in [5, 5.41) is 2.08. The fourth-order valence-corrected chi connectivity index (χ4v) is 2.33. The molecule has 1 atom stereocenters. The van der Waals surface area contributed by atoms with Crippen molar-refractivity contribution in [2.24, 2.45) is 11.7 Å². The van der Waals surface area contributed by atoms with Gasteiger partial charge in [-0.2, -0.15) is 0 Å². The molecule has 0 bridgehead atoms. The van der Waals surface area contributed by atoms with E-state index in [1.807, 2.05) is 18.0 Å². The van der Waals surface area contributed by atoms with Gasteiger partial charge in [-0.1, -0.05) is 13.8 Å². The van der Waals surface area contributed by atoms with Crippen LogP contribution in [0.3, 0.4) is 0 Å².